The number of nitriles is 1. The van der Waals surface area contributed by atoms with Gasteiger partial charge in [-0.3, -0.25) is 4.79 Å². The molecule has 0 saturated carbocycles. The molecule has 3 aromatic rings. The molecule has 1 aromatic carbocycles. The Balaban J connectivity index is 0.00000280. The van der Waals surface area contributed by atoms with E-state index in [1.165, 1.54) is 24.3 Å². The predicted molar refractivity (Wildman–Crippen MR) is 97.5 cm³/mol. The summed E-state index contributed by atoms with van der Waals surface area (Å²) in [7, 11) is 0. The second-order valence-electron chi connectivity index (χ2n) is 5.25. The number of halogens is 2. The number of amides is 1. The topological polar surface area (TPSA) is 124 Å². The summed E-state index contributed by atoms with van der Waals surface area (Å²) in [5.41, 5.74) is 0.166. The maximum absolute atomic E-state index is 12.4. The first-order chi connectivity index (χ1) is 12.9. The molecule has 0 aliphatic carbocycles. The molecule has 0 bridgehead atoms. The van der Waals surface area contributed by atoms with Gasteiger partial charge in [-0.25, -0.2) is 0 Å². The van der Waals surface area contributed by atoms with E-state index in [4.69, 9.17) is 16.9 Å². The molecule has 11 heteroatoms. The predicted octanol–water partition coefficient (Wildman–Crippen LogP) is -0.825. The molecule has 1 amide bonds. The van der Waals surface area contributed by atoms with Gasteiger partial charge in [0.1, 0.15) is 6.07 Å². The smallest absolute Gasteiger partial charge is 0.545 e. The van der Waals surface area contributed by atoms with Gasteiger partial charge in [-0.2, -0.15) is 5.26 Å². The molecule has 0 aliphatic rings. The molecule has 0 fully saturated rings. The molecule has 3 rings (SSSR count). The maximum Gasteiger partial charge on any atom is 1.00 e. The van der Waals surface area contributed by atoms with Gasteiger partial charge in [0.05, 0.1) is 22.2 Å². The molecule has 0 atom stereocenters. The van der Waals surface area contributed by atoms with Crippen LogP contribution in [-0.2, 0) is 0 Å². The minimum absolute atomic E-state index is 0. The van der Waals surface area contributed by atoms with Crippen molar-refractivity contribution in [1.82, 2.24) is 14.8 Å². The van der Waals surface area contributed by atoms with Crippen molar-refractivity contribution in [2.45, 2.75) is 0 Å². The van der Waals surface area contributed by atoms with Gasteiger partial charge < -0.3 is 19.8 Å². The first-order valence-corrected chi connectivity index (χ1v) is 8.50. The Morgan fingerprint density at radius 1 is 1.25 bits per heavy atom. The Morgan fingerprint density at radius 3 is 2.57 bits per heavy atom. The Bertz CT molecular complexity index is 1100. The summed E-state index contributed by atoms with van der Waals surface area (Å²) in [6, 6.07) is 9.10. The molecule has 28 heavy (non-hydrogen) atoms. The summed E-state index contributed by atoms with van der Waals surface area (Å²) in [4.78, 5) is 23.6. The number of nitrogens with one attached hydrogen (secondary N) is 1. The van der Waals surface area contributed by atoms with Crippen LogP contribution < -0.4 is 29.3 Å². The van der Waals surface area contributed by atoms with Crippen LogP contribution in [-0.4, -0.2) is 26.6 Å². The van der Waals surface area contributed by atoms with Crippen LogP contribution >= 0.6 is 27.5 Å². The molecular weight excluding hydrogens is 445 g/mol. The van der Waals surface area contributed by atoms with Crippen LogP contribution in [0.25, 0.3) is 5.82 Å². The van der Waals surface area contributed by atoms with E-state index < -0.39 is 11.9 Å². The number of aromatic carboxylic acids is 1. The van der Waals surface area contributed by atoms with Crippen molar-refractivity contribution in [3.8, 4) is 11.9 Å². The third-order valence-electron chi connectivity index (χ3n) is 3.50. The van der Waals surface area contributed by atoms with E-state index in [-0.39, 0.29) is 40.8 Å². The van der Waals surface area contributed by atoms with Crippen LogP contribution in [0.4, 0.5) is 5.69 Å². The first kappa shape index (κ1) is 21.7. The van der Waals surface area contributed by atoms with Gasteiger partial charge in [0.25, 0.3) is 5.91 Å². The van der Waals surface area contributed by atoms with E-state index in [1.807, 2.05) is 6.07 Å². The third-order valence-corrected chi connectivity index (χ3v) is 4.70. The van der Waals surface area contributed by atoms with E-state index in [0.717, 1.165) is 0 Å². The molecule has 2 aromatic heterocycles. The second kappa shape index (κ2) is 9.05. The zero-order valence-electron chi connectivity index (χ0n) is 14.3. The van der Waals surface area contributed by atoms with Crippen molar-refractivity contribution in [2.75, 3.05) is 5.32 Å². The van der Waals surface area contributed by atoms with Crippen LogP contribution in [0.3, 0.4) is 0 Å². The summed E-state index contributed by atoms with van der Waals surface area (Å²) in [5.74, 6) is -1.72. The fraction of sp³-hybridized carbons (Fsp3) is 0. The van der Waals surface area contributed by atoms with Crippen molar-refractivity contribution >= 4 is 45.1 Å². The first-order valence-electron chi connectivity index (χ1n) is 7.33. The minimum atomic E-state index is -1.47. The van der Waals surface area contributed by atoms with Crippen molar-refractivity contribution in [2.24, 2.45) is 0 Å². The Morgan fingerprint density at radius 2 is 2.00 bits per heavy atom. The van der Waals surface area contributed by atoms with Crippen molar-refractivity contribution in [3.05, 3.63) is 69.0 Å². The van der Waals surface area contributed by atoms with Gasteiger partial charge in [0, 0.05) is 22.4 Å². The fourth-order valence-electron chi connectivity index (χ4n) is 2.19. The van der Waals surface area contributed by atoms with Gasteiger partial charge in [-0.05, 0) is 46.3 Å². The molecule has 8 nitrogen and oxygen atoms in total. The van der Waals surface area contributed by atoms with Gasteiger partial charge in [-0.1, -0.05) is 11.6 Å². The van der Waals surface area contributed by atoms with E-state index >= 15 is 0 Å². The quantitative estimate of drug-likeness (QED) is 0.516. The zero-order valence-corrected chi connectivity index (χ0v) is 16.7. The number of anilines is 1. The fourth-order valence-corrected chi connectivity index (χ4v) is 2.70. The van der Waals surface area contributed by atoms with E-state index in [9.17, 15) is 14.7 Å². The average molecular weight is 453 g/mol. The number of aromatic nitrogens is 3. The SMILES string of the molecule is N#Cc1ccn(-c2ccc(C(=O)Nc3cc(Cl)c(Br)cc3C(=O)[O-])nn2)c1.[Li+]. The standard InChI is InChI=1S/C17H9BrClN5O3.Li/c18-11-5-10(17(26)27)14(6-12(11)19)21-16(25)13-1-2-15(23-22-13)24-4-3-9(7-20)8-24;/h1-6,8H,(H,21,25)(H,26,27);/q;+1/p-1. The Kier molecular flexibility index (Phi) is 7.00. The van der Waals surface area contributed by atoms with Crippen molar-refractivity contribution < 1.29 is 33.6 Å². The molecule has 0 unspecified atom stereocenters. The Labute approximate surface area is 184 Å². The van der Waals surface area contributed by atoms with Crippen LogP contribution in [0.1, 0.15) is 26.4 Å². The molecule has 0 saturated heterocycles. The Hall–Kier alpha value is -2.62. The van der Waals surface area contributed by atoms with Crippen LogP contribution in [0.5, 0.6) is 0 Å². The van der Waals surface area contributed by atoms with Gasteiger partial charge in [0.15, 0.2) is 11.5 Å². The number of carbonyl (C=O) groups is 2. The summed E-state index contributed by atoms with van der Waals surface area (Å²) in [6.45, 7) is 0. The number of rotatable bonds is 4. The number of hydrogen-bond acceptors (Lipinski definition) is 6. The number of carbonyl (C=O) groups excluding carboxylic acids is 2. The number of carboxylic acids is 1. The summed E-state index contributed by atoms with van der Waals surface area (Å²) in [5, 5.41) is 30.5. The van der Waals surface area contributed by atoms with Crippen LogP contribution in [0, 0.1) is 11.3 Å². The maximum atomic E-state index is 12.4. The average Bonchev–Trinajstić information content (AvgIpc) is 3.13. The number of benzene rings is 1. The molecule has 1 N–H and O–H groups in total. The van der Waals surface area contributed by atoms with Crippen molar-refractivity contribution in [1.29, 1.82) is 5.26 Å². The molecule has 134 valence electrons. The van der Waals surface area contributed by atoms with E-state index in [0.29, 0.717) is 15.9 Å². The largest absolute Gasteiger partial charge is 1.00 e. The summed E-state index contributed by atoms with van der Waals surface area (Å²) >= 11 is 9.07. The molecule has 0 aliphatic heterocycles. The van der Waals surface area contributed by atoms with E-state index in [2.05, 4.69) is 31.4 Å². The molecule has 0 spiro atoms. The van der Waals surface area contributed by atoms with E-state index in [1.54, 1.807) is 23.0 Å². The van der Waals surface area contributed by atoms with Crippen LogP contribution in [0.15, 0.2) is 47.2 Å². The zero-order chi connectivity index (χ0) is 19.6. The molecular formula is C17H8BrClLiN5O3. The normalized spacial score (nSPS) is 9.89. The molecule has 2 heterocycles. The minimum Gasteiger partial charge on any atom is -0.545 e. The summed E-state index contributed by atoms with van der Waals surface area (Å²) < 4.78 is 1.93. The third kappa shape index (κ3) is 4.61. The van der Waals surface area contributed by atoms with Crippen LogP contribution in [0.2, 0.25) is 5.02 Å². The van der Waals surface area contributed by atoms with Gasteiger partial charge >= 0.3 is 18.9 Å². The van der Waals surface area contributed by atoms with Crippen molar-refractivity contribution in [3.63, 3.8) is 0 Å². The van der Waals surface area contributed by atoms with Gasteiger partial charge in [0.2, 0.25) is 0 Å². The summed E-state index contributed by atoms with van der Waals surface area (Å²) in [6.07, 6.45) is 3.21. The van der Waals surface area contributed by atoms with Gasteiger partial charge in [-0.15, -0.1) is 10.2 Å². The number of nitrogens with zero attached hydrogens (tertiary/aromatic N) is 4. The number of hydrogen-bond donors (Lipinski definition) is 1. The monoisotopic (exact) mass is 451 g/mol. The number of carboxylic acid groups (broad SMARTS) is 1. The molecule has 0 radical (unpaired) electrons. The second-order valence-corrected chi connectivity index (χ2v) is 6.51.